The number of ether oxygens (including phenoxy) is 2. The number of carbonyl (C=O) groups is 1. The van der Waals surface area contributed by atoms with Gasteiger partial charge in [-0.05, 0) is 41.8 Å². The van der Waals surface area contributed by atoms with Crippen LogP contribution in [-0.2, 0) is 9.53 Å². The Kier molecular flexibility index (Phi) is 4.78. The lowest BCUT2D eigenvalue weighted by Gasteiger charge is -2.05. The molecule has 0 unspecified atom stereocenters. The number of benzene rings is 1. The van der Waals surface area contributed by atoms with E-state index in [1.807, 2.05) is 13.0 Å². The molecule has 0 aliphatic carbocycles. The average molecular weight is 247 g/mol. The predicted molar refractivity (Wildman–Crippen MR) is 66.9 cm³/mol. The van der Waals surface area contributed by atoms with Crippen molar-refractivity contribution in [1.29, 1.82) is 0 Å². The van der Waals surface area contributed by atoms with Gasteiger partial charge in [0.25, 0.3) is 0 Å². The summed E-state index contributed by atoms with van der Waals surface area (Å²) in [7, 11) is 2.80. The van der Waals surface area contributed by atoms with Gasteiger partial charge in [-0.25, -0.2) is 4.79 Å². The molecule has 0 aromatic heterocycles. The van der Waals surface area contributed by atoms with Crippen molar-refractivity contribution in [3.63, 3.8) is 0 Å². The summed E-state index contributed by atoms with van der Waals surface area (Å²) >= 11 is 0. The Labute approximate surface area is 104 Å². The first-order valence-electron chi connectivity index (χ1n) is 5.12. The molecule has 0 fully saturated rings. The molecule has 18 heavy (non-hydrogen) atoms. The van der Waals surface area contributed by atoms with Crippen LogP contribution in [0.1, 0.15) is 11.1 Å². The van der Waals surface area contributed by atoms with Gasteiger partial charge in [0.15, 0.2) is 0 Å². The number of azide groups is 1. The Morgan fingerprint density at radius 3 is 2.67 bits per heavy atom. The predicted octanol–water partition coefficient (Wildman–Crippen LogP) is 2.83. The number of aryl methyl sites for hydroxylation is 1. The molecule has 0 aliphatic rings. The van der Waals surface area contributed by atoms with E-state index >= 15 is 0 Å². The molecule has 0 bridgehead atoms. The average Bonchev–Trinajstić information content (AvgIpc) is 2.39. The first kappa shape index (κ1) is 13.6. The molecule has 0 saturated heterocycles. The molecule has 0 atom stereocenters. The molecule has 0 spiro atoms. The summed E-state index contributed by atoms with van der Waals surface area (Å²) in [4.78, 5) is 14.0. The monoisotopic (exact) mass is 247 g/mol. The van der Waals surface area contributed by atoms with E-state index in [0.717, 1.165) is 11.1 Å². The molecular weight excluding hydrogens is 234 g/mol. The number of rotatable bonds is 4. The normalized spacial score (nSPS) is 10.5. The molecule has 0 heterocycles. The first-order valence-corrected chi connectivity index (χ1v) is 5.12. The lowest BCUT2D eigenvalue weighted by Crippen LogP contribution is -2.02. The minimum Gasteiger partial charge on any atom is -0.497 e. The van der Waals surface area contributed by atoms with Crippen molar-refractivity contribution in [2.45, 2.75) is 6.92 Å². The molecule has 6 heteroatoms. The van der Waals surface area contributed by atoms with E-state index in [1.54, 1.807) is 19.2 Å². The Balaban J connectivity index is 3.19. The standard InChI is InChI=1S/C12H13N3O3/c1-8-6-10(17-2)5-4-9(8)7-11(14-15-13)12(16)18-3/h4-7H,1-3H3/b11-7-. The fourth-order valence-electron chi connectivity index (χ4n) is 1.37. The van der Waals surface area contributed by atoms with Crippen LogP contribution in [0.3, 0.4) is 0 Å². The summed E-state index contributed by atoms with van der Waals surface area (Å²) in [6, 6.07) is 5.34. The van der Waals surface area contributed by atoms with Crippen LogP contribution in [0, 0.1) is 6.92 Å². The van der Waals surface area contributed by atoms with Crippen LogP contribution >= 0.6 is 0 Å². The Hall–Kier alpha value is -2.46. The summed E-state index contributed by atoms with van der Waals surface area (Å²) in [6.45, 7) is 1.86. The summed E-state index contributed by atoms with van der Waals surface area (Å²) < 4.78 is 9.60. The lowest BCUT2D eigenvalue weighted by atomic mass is 10.1. The van der Waals surface area contributed by atoms with Gasteiger partial charge in [-0.3, -0.25) is 0 Å². The van der Waals surface area contributed by atoms with Crippen LogP contribution in [0.4, 0.5) is 0 Å². The molecule has 94 valence electrons. The summed E-state index contributed by atoms with van der Waals surface area (Å²) in [6.07, 6.45) is 1.47. The van der Waals surface area contributed by atoms with E-state index in [1.165, 1.54) is 13.2 Å². The number of esters is 1. The number of carbonyl (C=O) groups excluding carboxylic acids is 1. The van der Waals surface area contributed by atoms with Crippen LogP contribution in [0.2, 0.25) is 0 Å². The van der Waals surface area contributed by atoms with Gasteiger partial charge in [-0.15, -0.1) is 0 Å². The quantitative estimate of drug-likeness (QED) is 0.269. The fourth-order valence-corrected chi connectivity index (χ4v) is 1.37. The van der Waals surface area contributed by atoms with Gasteiger partial charge in [0.2, 0.25) is 0 Å². The smallest absolute Gasteiger partial charge is 0.340 e. The zero-order valence-electron chi connectivity index (χ0n) is 10.4. The van der Waals surface area contributed by atoms with E-state index in [4.69, 9.17) is 10.3 Å². The van der Waals surface area contributed by atoms with Crippen molar-refractivity contribution in [2.24, 2.45) is 5.11 Å². The zero-order chi connectivity index (χ0) is 13.5. The number of hydrogen-bond acceptors (Lipinski definition) is 4. The molecule has 0 saturated carbocycles. The Morgan fingerprint density at radius 1 is 1.44 bits per heavy atom. The first-order chi connectivity index (χ1) is 8.62. The van der Waals surface area contributed by atoms with Crippen LogP contribution in [-0.4, -0.2) is 20.2 Å². The SMILES string of the molecule is COC(=O)/C(=C/c1ccc(OC)cc1C)N=[N+]=[N-]. The lowest BCUT2D eigenvalue weighted by molar-refractivity contribution is -0.136. The molecule has 0 aliphatic heterocycles. The van der Waals surface area contributed by atoms with Crippen molar-refractivity contribution >= 4 is 12.0 Å². The van der Waals surface area contributed by atoms with Gasteiger partial charge in [-0.2, -0.15) is 0 Å². The van der Waals surface area contributed by atoms with Gasteiger partial charge >= 0.3 is 5.97 Å². The summed E-state index contributed by atoms with van der Waals surface area (Å²) in [5.74, 6) is 0.0380. The van der Waals surface area contributed by atoms with E-state index in [-0.39, 0.29) is 5.70 Å². The van der Waals surface area contributed by atoms with Crippen molar-refractivity contribution in [1.82, 2.24) is 0 Å². The molecule has 1 aromatic carbocycles. The topological polar surface area (TPSA) is 84.3 Å². The molecular formula is C12H13N3O3. The van der Waals surface area contributed by atoms with Crippen LogP contribution < -0.4 is 4.74 Å². The van der Waals surface area contributed by atoms with E-state index in [0.29, 0.717) is 5.75 Å². The molecule has 0 amide bonds. The largest absolute Gasteiger partial charge is 0.497 e. The maximum Gasteiger partial charge on any atom is 0.340 e. The van der Waals surface area contributed by atoms with Gasteiger partial charge in [-0.1, -0.05) is 11.2 Å². The summed E-state index contributed by atoms with van der Waals surface area (Å²) in [5, 5.41) is 3.31. The minimum absolute atomic E-state index is 0.0896. The second-order valence-electron chi connectivity index (χ2n) is 3.43. The molecule has 1 rings (SSSR count). The van der Waals surface area contributed by atoms with Crippen LogP contribution in [0.15, 0.2) is 29.0 Å². The highest BCUT2D eigenvalue weighted by Gasteiger charge is 2.08. The number of hydrogen-bond donors (Lipinski definition) is 0. The fraction of sp³-hybridized carbons (Fsp3) is 0.250. The molecule has 0 N–H and O–H groups in total. The third-order valence-corrected chi connectivity index (χ3v) is 2.32. The molecule has 0 radical (unpaired) electrons. The van der Waals surface area contributed by atoms with Gasteiger partial charge in [0.05, 0.1) is 14.2 Å². The highest BCUT2D eigenvalue weighted by molar-refractivity contribution is 5.93. The second-order valence-corrected chi connectivity index (χ2v) is 3.43. The highest BCUT2D eigenvalue weighted by atomic mass is 16.5. The maximum absolute atomic E-state index is 11.4. The maximum atomic E-state index is 11.4. The van der Waals surface area contributed by atoms with Crippen molar-refractivity contribution in [2.75, 3.05) is 14.2 Å². The summed E-state index contributed by atoms with van der Waals surface area (Å²) in [5.41, 5.74) is 9.96. The molecule has 6 nitrogen and oxygen atoms in total. The zero-order valence-corrected chi connectivity index (χ0v) is 10.4. The van der Waals surface area contributed by atoms with Crippen LogP contribution in [0.5, 0.6) is 5.75 Å². The van der Waals surface area contributed by atoms with Gasteiger partial charge in [0.1, 0.15) is 11.4 Å². The Bertz CT molecular complexity index is 531. The minimum atomic E-state index is -0.678. The third-order valence-electron chi connectivity index (χ3n) is 2.32. The van der Waals surface area contributed by atoms with E-state index < -0.39 is 5.97 Å². The van der Waals surface area contributed by atoms with Gasteiger partial charge in [0, 0.05) is 4.91 Å². The van der Waals surface area contributed by atoms with Crippen LogP contribution in [0.25, 0.3) is 16.5 Å². The second kappa shape index (κ2) is 6.32. The number of nitrogens with zero attached hydrogens (tertiary/aromatic N) is 3. The Morgan fingerprint density at radius 2 is 2.17 bits per heavy atom. The van der Waals surface area contributed by atoms with Crippen molar-refractivity contribution in [3.05, 3.63) is 45.5 Å². The van der Waals surface area contributed by atoms with Gasteiger partial charge < -0.3 is 9.47 Å². The highest BCUT2D eigenvalue weighted by Crippen LogP contribution is 2.19. The van der Waals surface area contributed by atoms with Crippen molar-refractivity contribution in [3.8, 4) is 5.75 Å². The van der Waals surface area contributed by atoms with Crippen molar-refractivity contribution < 1.29 is 14.3 Å². The molecule has 1 aromatic rings. The van der Waals surface area contributed by atoms with E-state index in [9.17, 15) is 4.79 Å². The third kappa shape index (κ3) is 3.26. The number of methoxy groups -OCH3 is 2. The van der Waals surface area contributed by atoms with E-state index in [2.05, 4.69) is 14.8 Å².